The van der Waals surface area contributed by atoms with Crippen LogP contribution in [0, 0.1) is 22.0 Å². The van der Waals surface area contributed by atoms with Crippen LogP contribution < -0.4 is 10.2 Å². The molecule has 6 rings (SSSR count). The fraction of sp³-hybridized carbons (Fsp3) is 0.318. The number of nitrogens with zero attached hydrogens (tertiary/aromatic N) is 3. The quantitative estimate of drug-likeness (QED) is 0.426. The molecular formula is C22H17ClN4O5. The number of halogens is 1. The van der Waals surface area contributed by atoms with E-state index in [0.717, 1.165) is 17.4 Å². The summed E-state index contributed by atoms with van der Waals surface area (Å²) in [4.78, 5) is 54.7. The zero-order chi connectivity index (χ0) is 22.4. The molecule has 0 bridgehead atoms. The van der Waals surface area contributed by atoms with E-state index in [1.165, 1.54) is 12.1 Å². The average Bonchev–Trinajstić information content (AvgIpc) is 3.47. The summed E-state index contributed by atoms with van der Waals surface area (Å²) in [6, 6.07) is 10.6. The molecule has 1 spiro atoms. The van der Waals surface area contributed by atoms with Gasteiger partial charge in [0.2, 0.25) is 17.7 Å². The predicted octanol–water partition coefficient (Wildman–Crippen LogP) is 2.68. The van der Waals surface area contributed by atoms with Gasteiger partial charge in [-0.2, -0.15) is 0 Å². The van der Waals surface area contributed by atoms with Gasteiger partial charge < -0.3 is 5.32 Å². The van der Waals surface area contributed by atoms with E-state index in [4.69, 9.17) is 11.6 Å². The van der Waals surface area contributed by atoms with E-state index in [1.807, 2.05) is 23.1 Å². The number of amides is 3. The van der Waals surface area contributed by atoms with E-state index in [-0.39, 0.29) is 28.3 Å². The summed E-state index contributed by atoms with van der Waals surface area (Å²) < 4.78 is 0. The number of anilines is 2. The van der Waals surface area contributed by atoms with Crippen LogP contribution in [0.4, 0.5) is 17.1 Å². The number of carbonyl (C=O) groups excluding carboxylic acids is 3. The van der Waals surface area contributed by atoms with Gasteiger partial charge in [-0.05, 0) is 31.5 Å². The van der Waals surface area contributed by atoms with Gasteiger partial charge in [-0.15, -0.1) is 0 Å². The predicted molar refractivity (Wildman–Crippen MR) is 114 cm³/mol. The van der Waals surface area contributed by atoms with E-state index < -0.39 is 34.1 Å². The molecule has 9 nitrogen and oxygen atoms in total. The highest BCUT2D eigenvalue weighted by Crippen LogP contribution is 2.60. The Morgan fingerprint density at radius 2 is 1.91 bits per heavy atom. The molecule has 4 aliphatic rings. The monoisotopic (exact) mass is 452 g/mol. The molecular weight excluding hydrogens is 436 g/mol. The van der Waals surface area contributed by atoms with Crippen LogP contribution in [-0.4, -0.2) is 40.1 Å². The number of fused-ring (bicyclic) bond motifs is 7. The number of nitrogens with one attached hydrogen (secondary N) is 1. The summed E-state index contributed by atoms with van der Waals surface area (Å²) in [6.45, 7) is 0.609. The molecule has 0 aromatic heterocycles. The molecule has 4 aliphatic heterocycles. The number of hydrogen-bond donors (Lipinski definition) is 1. The van der Waals surface area contributed by atoms with Gasteiger partial charge >= 0.3 is 0 Å². The first kappa shape index (κ1) is 19.4. The Kier molecular flexibility index (Phi) is 3.86. The van der Waals surface area contributed by atoms with Gasteiger partial charge in [-0.25, -0.2) is 4.90 Å². The zero-order valence-electron chi connectivity index (χ0n) is 16.7. The number of benzene rings is 2. The van der Waals surface area contributed by atoms with Crippen molar-refractivity contribution < 1.29 is 19.3 Å². The van der Waals surface area contributed by atoms with Crippen LogP contribution >= 0.6 is 11.6 Å². The van der Waals surface area contributed by atoms with Gasteiger partial charge in [0, 0.05) is 29.4 Å². The number of nitro groups is 1. The van der Waals surface area contributed by atoms with E-state index in [0.29, 0.717) is 24.2 Å². The number of non-ortho nitro benzene ring substituents is 1. The third-order valence-corrected chi connectivity index (χ3v) is 7.60. The second-order valence-electron chi connectivity index (χ2n) is 8.58. The first-order valence-corrected chi connectivity index (χ1v) is 10.7. The first-order valence-electron chi connectivity index (χ1n) is 10.4. The lowest BCUT2D eigenvalue weighted by molar-refractivity contribution is -0.384. The third kappa shape index (κ3) is 2.14. The molecule has 3 amide bonds. The standard InChI is InChI=1S/C22H17ClN4O5/c23-13-8-7-11(27(31)32)10-16(13)26-19(28)17-15-6-3-9-25(15)22(18(17)20(26)29)12-4-1-2-5-14(12)24-21(22)30/h1-2,4-5,7-8,10,15,17-18H,3,6,9H2,(H,24,30)/t15-,17-,18-,22+/m1/s1. The van der Waals surface area contributed by atoms with E-state index in [1.54, 1.807) is 6.07 Å². The van der Waals surface area contributed by atoms with E-state index in [2.05, 4.69) is 5.32 Å². The van der Waals surface area contributed by atoms with Crippen molar-refractivity contribution in [2.75, 3.05) is 16.8 Å². The Bertz CT molecular complexity index is 1250. The van der Waals surface area contributed by atoms with Crippen molar-refractivity contribution in [3.8, 4) is 0 Å². The molecule has 0 aliphatic carbocycles. The fourth-order valence-electron chi connectivity index (χ4n) is 6.18. The summed E-state index contributed by atoms with van der Waals surface area (Å²) in [7, 11) is 0. The summed E-state index contributed by atoms with van der Waals surface area (Å²) >= 11 is 6.28. The van der Waals surface area contributed by atoms with Gasteiger partial charge in [-0.3, -0.25) is 29.4 Å². The molecule has 3 saturated heterocycles. The highest BCUT2D eigenvalue weighted by Gasteiger charge is 2.74. The Morgan fingerprint density at radius 1 is 1.12 bits per heavy atom. The second-order valence-corrected chi connectivity index (χ2v) is 8.98. The van der Waals surface area contributed by atoms with Crippen LogP contribution in [0.25, 0.3) is 0 Å². The summed E-state index contributed by atoms with van der Waals surface area (Å²) in [5, 5.41) is 14.3. The van der Waals surface area contributed by atoms with Gasteiger partial charge in [0.25, 0.3) is 5.69 Å². The van der Waals surface area contributed by atoms with Crippen molar-refractivity contribution in [1.82, 2.24) is 4.90 Å². The van der Waals surface area contributed by atoms with Gasteiger partial charge in [0.15, 0.2) is 0 Å². The van der Waals surface area contributed by atoms with E-state index >= 15 is 0 Å². The molecule has 0 unspecified atom stereocenters. The van der Waals surface area contributed by atoms with Gasteiger partial charge in [-0.1, -0.05) is 29.8 Å². The number of hydrogen-bond acceptors (Lipinski definition) is 6. The Labute approximate surface area is 187 Å². The van der Waals surface area contributed by atoms with Crippen molar-refractivity contribution in [1.29, 1.82) is 0 Å². The van der Waals surface area contributed by atoms with Crippen LogP contribution in [0.2, 0.25) is 5.02 Å². The molecule has 4 heterocycles. The van der Waals surface area contributed by atoms with Crippen LogP contribution in [0.5, 0.6) is 0 Å². The fourth-order valence-corrected chi connectivity index (χ4v) is 6.38. The summed E-state index contributed by atoms with van der Waals surface area (Å²) in [5.74, 6) is -2.99. The lowest BCUT2D eigenvalue weighted by Crippen LogP contribution is -2.54. The zero-order valence-corrected chi connectivity index (χ0v) is 17.4. The van der Waals surface area contributed by atoms with Crippen molar-refractivity contribution in [3.05, 3.63) is 63.2 Å². The topological polar surface area (TPSA) is 113 Å². The average molecular weight is 453 g/mol. The van der Waals surface area contributed by atoms with Crippen molar-refractivity contribution in [2.45, 2.75) is 24.4 Å². The molecule has 0 radical (unpaired) electrons. The van der Waals surface area contributed by atoms with Crippen molar-refractivity contribution in [3.63, 3.8) is 0 Å². The van der Waals surface area contributed by atoms with E-state index in [9.17, 15) is 24.5 Å². The Balaban J connectivity index is 1.55. The maximum atomic E-state index is 13.8. The molecule has 0 saturated carbocycles. The number of nitro benzene ring substituents is 1. The maximum absolute atomic E-state index is 13.8. The first-order chi connectivity index (χ1) is 15.4. The van der Waals surface area contributed by atoms with Gasteiger partial charge in [0.05, 0.1) is 27.5 Å². The molecule has 10 heteroatoms. The largest absolute Gasteiger partial charge is 0.324 e. The smallest absolute Gasteiger partial charge is 0.271 e. The van der Waals surface area contributed by atoms with Gasteiger partial charge in [0.1, 0.15) is 5.54 Å². The highest BCUT2D eigenvalue weighted by atomic mass is 35.5. The third-order valence-electron chi connectivity index (χ3n) is 7.28. The highest BCUT2D eigenvalue weighted by molar-refractivity contribution is 6.36. The molecule has 1 N–H and O–H groups in total. The summed E-state index contributed by atoms with van der Waals surface area (Å²) in [5.41, 5.74) is -0.245. The Hall–Kier alpha value is -3.30. The normalized spacial score (nSPS) is 30.6. The maximum Gasteiger partial charge on any atom is 0.271 e. The van der Waals surface area contributed by atoms with Crippen LogP contribution in [0.3, 0.4) is 0 Å². The van der Waals surface area contributed by atoms with Crippen LogP contribution in [-0.2, 0) is 19.9 Å². The molecule has 2 aromatic rings. The molecule has 2 aromatic carbocycles. The summed E-state index contributed by atoms with van der Waals surface area (Å²) in [6.07, 6.45) is 1.50. The number of para-hydroxylation sites is 1. The van der Waals surface area contributed by atoms with Crippen molar-refractivity contribution in [2.24, 2.45) is 11.8 Å². The molecule has 162 valence electrons. The number of carbonyl (C=O) groups is 3. The minimum absolute atomic E-state index is 0.0170. The molecule has 4 atom stereocenters. The lowest BCUT2D eigenvalue weighted by atomic mass is 9.75. The molecule has 3 fully saturated rings. The number of imide groups is 1. The minimum Gasteiger partial charge on any atom is -0.324 e. The van der Waals surface area contributed by atoms with Crippen LogP contribution in [0.15, 0.2) is 42.5 Å². The SMILES string of the molecule is O=C1[C@@H]2[C@H]3CCCN3[C@]3(C(=O)Nc4ccccc43)[C@H]2C(=O)N1c1cc([N+](=O)[O-])ccc1Cl. The number of rotatable bonds is 2. The minimum atomic E-state index is -1.28. The van der Waals surface area contributed by atoms with Crippen molar-refractivity contribution >= 4 is 46.4 Å². The lowest BCUT2D eigenvalue weighted by Gasteiger charge is -2.36. The second kappa shape index (κ2) is 6.36. The van der Waals surface area contributed by atoms with Crippen LogP contribution in [0.1, 0.15) is 18.4 Å². The molecule has 32 heavy (non-hydrogen) atoms. The Morgan fingerprint density at radius 3 is 2.69 bits per heavy atom.